The van der Waals surface area contributed by atoms with Gasteiger partial charge in [-0.2, -0.15) is 4.98 Å². The number of nitrogens with zero attached hydrogens (tertiary/aromatic N) is 2. The largest absolute Gasteiger partial charge is 0.497 e. The Bertz CT molecular complexity index is 626. The van der Waals surface area contributed by atoms with E-state index in [1.165, 1.54) is 6.42 Å². The standard InChI is InChI=1S/C16H21N3O3/c1-20-12-8-11(9-13(10-12)21-2)14-18-15(19-22-14)16(17)6-4-3-5-7-16/h8-10H,3-7,17H2,1-2H3. The van der Waals surface area contributed by atoms with Crippen molar-refractivity contribution in [3.05, 3.63) is 24.0 Å². The molecular formula is C16H21N3O3. The third kappa shape index (κ3) is 2.78. The molecule has 1 saturated carbocycles. The van der Waals surface area contributed by atoms with Crippen LogP contribution in [0.1, 0.15) is 37.9 Å². The lowest BCUT2D eigenvalue weighted by Gasteiger charge is -2.29. The van der Waals surface area contributed by atoms with Gasteiger partial charge in [0.05, 0.1) is 19.8 Å². The van der Waals surface area contributed by atoms with Crippen molar-refractivity contribution in [3.8, 4) is 23.0 Å². The second kappa shape index (κ2) is 5.96. The van der Waals surface area contributed by atoms with Crippen molar-refractivity contribution in [2.75, 3.05) is 14.2 Å². The minimum atomic E-state index is -0.469. The van der Waals surface area contributed by atoms with Crippen molar-refractivity contribution in [1.82, 2.24) is 10.1 Å². The lowest BCUT2D eigenvalue weighted by Crippen LogP contribution is -2.39. The summed E-state index contributed by atoms with van der Waals surface area (Å²) < 4.78 is 16.0. The van der Waals surface area contributed by atoms with E-state index in [0.717, 1.165) is 31.2 Å². The van der Waals surface area contributed by atoms with Gasteiger partial charge < -0.3 is 19.7 Å². The number of methoxy groups -OCH3 is 2. The number of nitrogens with two attached hydrogens (primary N) is 1. The molecule has 1 fully saturated rings. The van der Waals surface area contributed by atoms with Gasteiger partial charge >= 0.3 is 0 Å². The fourth-order valence-corrected chi connectivity index (χ4v) is 2.88. The summed E-state index contributed by atoms with van der Waals surface area (Å²) in [7, 11) is 3.21. The Morgan fingerprint density at radius 2 is 1.68 bits per heavy atom. The van der Waals surface area contributed by atoms with Crippen molar-refractivity contribution in [2.24, 2.45) is 5.73 Å². The minimum Gasteiger partial charge on any atom is -0.497 e. The van der Waals surface area contributed by atoms with Crippen molar-refractivity contribution >= 4 is 0 Å². The van der Waals surface area contributed by atoms with Crippen molar-refractivity contribution < 1.29 is 14.0 Å². The summed E-state index contributed by atoms with van der Waals surface area (Å²) >= 11 is 0. The lowest BCUT2D eigenvalue weighted by molar-refractivity contribution is 0.275. The van der Waals surface area contributed by atoms with Crippen LogP contribution in [0.15, 0.2) is 22.7 Å². The number of hydrogen-bond acceptors (Lipinski definition) is 6. The molecule has 1 aromatic carbocycles. The summed E-state index contributed by atoms with van der Waals surface area (Å²) in [6.07, 6.45) is 5.22. The predicted molar refractivity (Wildman–Crippen MR) is 81.8 cm³/mol. The lowest BCUT2D eigenvalue weighted by atomic mass is 9.82. The van der Waals surface area contributed by atoms with Gasteiger partial charge in [-0.1, -0.05) is 24.4 Å². The first-order valence-corrected chi connectivity index (χ1v) is 7.51. The molecule has 118 valence electrons. The average molecular weight is 303 g/mol. The van der Waals surface area contributed by atoms with Crippen LogP contribution in [-0.4, -0.2) is 24.4 Å². The topological polar surface area (TPSA) is 83.4 Å². The number of benzene rings is 1. The Morgan fingerprint density at radius 3 is 2.27 bits per heavy atom. The number of rotatable bonds is 4. The molecule has 3 rings (SSSR count). The van der Waals surface area contributed by atoms with Gasteiger partial charge in [-0.3, -0.25) is 0 Å². The van der Waals surface area contributed by atoms with Gasteiger partial charge in [0, 0.05) is 11.6 Å². The molecule has 0 atom stereocenters. The fourth-order valence-electron chi connectivity index (χ4n) is 2.88. The highest BCUT2D eigenvalue weighted by Crippen LogP contribution is 2.35. The van der Waals surface area contributed by atoms with Gasteiger partial charge in [0.1, 0.15) is 11.5 Å². The highest BCUT2D eigenvalue weighted by Gasteiger charge is 2.34. The van der Waals surface area contributed by atoms with E-state index in [0.29, 0.717) is 23.2 Å². The first-order valence-electron chi connectivity index (χ1n) is 7.51. The molecule has 0 bridgehead atoms. The number of aromatic nitrogens is 2. The second-order valence-electron chi connectivity index (χ2n) is 5.74. The van der Waals surface area contributed by atoms with Crippen LogP contribution in [0.4, 0.5) is 0 Å². The van der Waals surface area contributed by atoms with E-state index >= 15 is 0 Å². The molecule has 0 unspecified atom stereocenters. The molecule has 1 aromatic heterocycles. The summed E-state index contributed by atoms with van der Waals surface area (Å²) in [5, 5.41) is 4.11. The van der Waals surface area contributed by atoms with Crippen LogP contribution in [-0.2, 0) is 5.54 Å². The van der Waals surface area contributed by atoms with Crippen LogP contribution in [0.25, 0.3) is 11.5 Å². The SMILES string of the molecule is COc1cc(OC)cc(-c2nc(C3(N)CCCCC3)no2)c1. The fraction of sp³-hybridized carbons (Fsp3) is 0.500. The Kier molecular flexibility index (Phi) is 4.02. The quantitative estimate of drug-likeness (QED) is 0.935. The van der Waals surface area contributed by atoms with Crippen molar-refractivity contribution in [3.63, 3.8) is 0 Å². The number of hydrogen-bond donors (Lipinski definition) is 1. The zero-order valence-electron chi connectivity index (χ0n) is 13.0. The van der Waals surface area contributed by atoms with E-state index in [9.17, 15) is 0 Å². The van der Waals surface area contributed by atoms with Crippen LogP contribution in [0.5, 0.6) is 11.5 Å². The van der Waals surface area contributed by atoms with E-state index in [1.807, 2.05) is 12.1 Å². The molecule has 0 amide bonds. The first kappa shape index (κ1) is 14.8. The van der Waals surface area contributed by atoms with Crippen molar-refractivity contribution in [1.29, 1.82) is 0 Å². The molecule has 2 aromatic rings. The van der Waals surface area contributed by atoms with Crippen LogP contribution >= 0.6 is 0 Å². The zero-order valence-corrected chi connectivity index (χ0v) is 13.0. The minimum absolute atomic E-state index is 0.433. The van der Waals surface area contributed by atoms with Crippen LogP contribution in [0, 0.1) is 0 Å². The van der Waals surface area contributed by atoms with Crippen LogP contribution in [0.3, 0.4) is 0 Å². The number of ether oxygens (including phenoxy) is 2. The molecular weight excluding hydrogens is 282 g/mol. The van der Waals surface area contributed by atoms with E-state index in [1.54, 1.807) is 20.3 Å². The molecule has 1 aliphatic rings. The van der Waals surface area contributed by atoms with Crippen molar-refractivity contribution in [2.45, 2.75) is 37.6 Å². The van der Waals surface area contributed by atoms with Gasteiger partial charge in [0.2, 0.25) is 0 Å². The Morgan fingerprint density at radius 1 is 1.05 bits per heavy atom. The Balaban J connectivity index is 1.93. The van der Waals surface area contributed by atoms with Gasteiger partial charge in [0.25, 0.3) is 5.89 Å². The third-order valence-electron chi connectivity index (χ3n) is 4.22. The monoisotopic (exact) mass is 303 g/mol. The molecule has 0 saturated heterocycles. The van der Waals surface area contributed by atoms with E-state index < -0.39 is 5.54 Å². The van der Waals surface area contributed by atoms with Gasteiger partial charge in [-0.05, 0) is 25.0 Å². The Labute approximate surface area is 129 Å². The van der Waals surface area contributed by atoms with E-state index in [2.05, 4.69) is 10.1 Å². The summed E-state index contributed by atoms with van der Waals surface area (Å²) in [6.45, 7) is 0. The predicted octanol–water partition coefficient (Wildman–Crippen LogP) is 2.87. The smallest absolute Gasteiger partial charge is 0.258 e. The molecule has 0 radical (unpaired) electrons. The molecule has 1 aliphatic carbocycles. The summed E-state index contributed by atoms with van der Waals surface area (Å²) in [5.41, 5.74) is 6.74. The average Bonchev–Trinajstić information content (AvgIpc) is 3.06. The third-order valence-corrected chi connectivity index (χ3v) is 4.22. The summed E-state index contributed by atoms with van der Waals surface area (Å²) in [4.78, 5) is 4.51. The highest BCUT2D eigenvalue weighted by atomic mass is 16.5. The molecule has 1 heterocycles. The molecule has 0 aliphatic heterocycles. The van der Waals surface area contributed by atoms with E-state index in [4.69, 9.17) is 19.7 Å². The van der Waals surface area contributed by atoms with Crippen LogP contribution in [0.2, 0.25) is 0 Å². The molecule has 6 heteroatoms. The molecule has 22 heavy (non-hydrogen) atoms. The summed E-state index contributed by atoms with van der Waals surface area (Å²) in [6, 6.07) is 5.47. The maximum Gasteiger partial charge on any atom is 0.258 e. The van der Waals surface area contributed by atoms with Gasteiger partial charge in [-0.25, -0.2) is 0 Å². The summed E-state index contributed by atoms with van der Waals surface area (Å²) in [5.74, 6) is 2.37. The molecule has 0 spiro atoms. The van der Waals surface area contributed by atoms with E-state index in [-0.39, 0.29) is 0 Å². The maximum atomic E-state index is 6.45. The van der Waals surface area contributed by atoms with Gasteiger partial charge in [0.15, 0.2) is 5.82 Å². The van der Waals surface area contributed by atoms with Crippen LogP contribution < -0.4 is 15.2 Å². The maximum absolute atomic E-state index is 6.45. The molecule has 2 N–H and O–H groups in total. The second-order valence-corrected chi connectivity index (χ2v) is 5.74. The zero-order chi connectivity index (χ0) is 15.6. The normalized spacial score (nSPS) is 17.2. The van der Waals surface area contributed by atoms with Gasteiger partial charge in [-0.15, -0.1) is 0 Å². The molecule has 6 nitrogen and oxygen atoms in total. The highest BCUT2D eigenvalue weighted by molar-refractivity contribution is 5.59. The Hall–Kier alpha value is -2.08. The first-order chi connectivity index (χ1) is 10.6.